The van der Waals surface area contributed by atoms with Crippen molar-refractivity contribution in [3.8, 4) is 11.5 Å². The minimum Gasteiger partial charge on any atom is -0.444 e. The first kappa shape index (κ1) is 34.2. The predicted octanol–water partition coefficient (Wildman–Crippen LogP) is 3.98. The molecule has 1 N–H and O–H groups in total. The Labute approximate surface area is 232 Å². The van der Waals surface area contributed by atoms with Gasteiger partial charge < -0.3 is 23.3 Å². The number of amides is 2. The molecular formula is C22H28F6N2O9S2. The van der Waals surface area contributed by atoms with Crippen LogP contribution in [-0.4, -0.2) is 69.5 Å². The lowest BCUT2D eigenvalue weighted by molar-refractivity contribution is -0.134. The molecule has 19 heteroatoms. The average molecular weight is 643 g/mol. The second kappa shape index (κ2) is 12.1. The highest BCUT2D eigenvalue weighted by Crippen LogP contribution is 2.37. The molecule has 0 saturated heterocycles. The summed E-state index contributed by atoms with van der Waals surface area (Å²) in [5, 5.41) is 2.32. The fourth-order valence-electron chi connectivity index (χ4n) is 3.75. The Balaban J connectivity index is 2.52. The van der Waals surface area contributed by atoms with E-state index < -0.39 is 72.8 Å². The molecule has 41 heavy (non-hydrogen) atoms. The van der Waals surface area contributed by atoms with E-state index in [-0.39, 0.29) is 11.6 Å². The summed E-state index contributed by atoms with van der Waals surface area (Å²) in [5.74, 6) is -3.77. The van der Waals surface area contributed by atoms with Crippen molar-refractivity contribution in [2.45, 2.75) is 81.6 Å². The highest BCUT2D eigenvalue weighted by Gasteiger charge is 2.51. The molecule has 1 aromatic carbocycles. The van der Waals surface area contributed by atoms with Gasteiger partial charge in [0.15, 0.2) is 11.5 Å². The molecule has 1 fully saturated rings. The van der Waals surface area contributed by atoms with E-state index in [1.54, 1.807) is 0 Å². The summed E-state index contributed by atoms with van der Waals surface area (Å²) in [6.45, 7) is 4.60. The zero-order valence-electron chi connectivity index (χ0n) is 22.1. The Bertz CT molecular complexity index is 1330. The minimum absolute atomic E-state index is 0.190. The molecule has 11 nitrogen and oxygen atoms in total. The van der Waals surface area contributed by atoms with Crippen molar-refractivity contribution in [1.29, 1.82) is 0 Å². The molecule has 0 unspecified atom stereocenters. The number of halogens is 6. The smallest absolute Gasteiger partial charge is 0.444 e. The molecule has 0 aliphatic heterocycles. The number of alkyl carbamates (subject to hydrolysis) is 1. The Morgan fingerprint density at radius 2 is 1.41 bits per heavy atom. The van der Waals surface area contributed by atoms with E-state index in [1.165, 1.54) is 32.7 Å². The summed E-state index contributed by atoms with van der Waals surface area (Å²) in [6.07, 6.45) is 1.39. The maximum absolute atomic E-state index is 13.3. The number of nitrogens with one attached hydrogen (secondary N) is 1. The van der Waals surface area contributed by atoms with E-state index in [0.29, 0.717) is 25.0 Å². The van der Waals surface area contributed by atoms with Gasteiger partial charge in [-0.1, -0.05) is 18.9 Å². The van der Waals surface area contributed by atoms with E-state index in [9.17, 15) is 52.8 Å². The van der Waals surface area contributed by atoms with Crippen molar-refractivity contribution in [3.63, 3.8) is 0 Å². The van der Waals surface area contributed by atoms with Crippen molar-refractivity contribution in [3.05, 3.63) is 23.8 Å². The normalized spacial score (nSPS) is 16.1. The van der Waals surface area contributed by atoms with Crippen LogP contribution in [-0.2, 0) is 36.2 Å². The molecule has 0 bridgehead atoms. The van der Waals surface area contributed by atoms with Gasteiger partial charge in [0.25, 0.3) is 0 Å². The molecule has 1 aromatic rings. The Kier molecular flexibility index (Phi) is 10.1. The van der Waals surface area contributed by atoms with E-state index in [2.05, 4.69) is 13.7 Å². The topological polar surface area (TPSA) is 145 Å². The lowest BCUT2D eigenvalue weighted by Crippen LogP contribution is -2.51. The van der Waals surface area contributed by atoms with Crippen molar-refractivity contribution < 1.29 is 65.9 Å². The maximum atomic E-state index is 13.3. The third-order valence-corrected chi connectivity index (χ3v) is 7.55. The predicted molar refractivity (Wildman–Crippen MR) is 130 cm³/mol. The van der Waals surface area contributed by atoms with Crippen LogP contribution in [0, 0.1) is 0 Å². The number of carbonyl (C=O) groups is 2. The van der Waals surface area contributed by atoms with Gasteiger partial charge >= 0.3 is 37.3 Å². The van der Waals surface area contributed by atoms with Gasteiger partial charge in [0, 0.05) is 19.5 Å². The van der Waals surface area contributed by atoms with Crippen LogP contribution in [0.4, 0.5) is 31.1 Å². The quantitative estimate of drug-likeness (QED) is 0.240. The third-order valence-electron chi connectivity index (χ3n) is 5.62. The largest absolute Gasteiger partial charge is 0.534 e. The van der Waals surface area contributed by atoms with Crippen LogP contribution >= 0.6 is 0 Å². The Morgan fingerprint density at radius 3 is 1.88 bits per heavy atom. The van der Waals surface area contributed by atoms with Crippen molar-refractivity contribution in [1.82, 2.24) is 10.2 Å². The molecule has 1 saturated carbocycles. The summed E-state index contributed by atoms with van der Waals surface area (Å²) < 4.78 is 136. The van der Waals surface area contributed by atoms with Gasteiger partial charge in [-0.2, -0.15) is 43.2 Å². The summed E-state index contributed by atoms with van der Waals surface area (Å²) in [4.78, 5) is 27.1. The number of rotatable bonds is 9. The fraction of sp³-hybridized carbons (Fsp3) is 0.636. The number of alkyl halides is 6. The molecule has 1 aliphatic rings. The van der Waals surface area contributed by atoms with Crippen LogP contribution in [0.1, 0.15) is 52.0 Å². The van der Waals surface area contributed by atoms with Gasteiger partial charge in [-0.3, -0.25) is 4.79 Å². The molecule has 234 valence electrons. The van der Waals surface area contributed by atoms with Crippen molar-refractivity contribution in [2.24, 2.45) is 0 Å². The number of hydrogen-bond donors (Lipinski definition) is 1. The van der Waals surface area contributed by atoms with E-state index in [4.69, 9.17) is 4.74 Å². The number of benzene rings is 1. The van der Waals surface area contributed by atoms with Crippen LogP contribution < -0.4 is 13.7 Å². The van der Waals surface area contributed by atoms with E-state index >= 15 is 0 Å². The maximum Gasteiger partial charge on any atom is 0.534 e. The average Bonchev–Trinajstić information content (AvgIpc) is 3.31. The summed E-state index contributed by atoms with van der Waals surface area (Å²) in [5.41, 5.74) is -13.3. The fourth-order valence-corrected chi connectivity index (χ4v) is 4.68. The zero-order valence-corrected chi connectivity index (χ0v) is 23.8. The number of nitrogens with zero attached hydrogens (tertiary/aromatic N) is 1. The monoisotopic (exact) mass is 642 g/mol. The van der Waals surface area contributed by atoms with Gasteiger partial charge in [0.05, 0.1) is 0 Å². The molecule has 2 amide bonds. The van der Waals surface area contributed by atoms with Gasteiger partial charge in [-0.15, -0.1) is 0 Å². The number of likely N-dealkylation sites (N-methyl/N-ethyl adjacent to an activating group) is 1. The van der Waals surface area contributed by atoms with Gasteiger partial charge in [0.1, 0.15) is 11.6 Å². The zero-order chi connectivity index (χ0) is 31.6. The number of ether oxygens (including phenoxy) is 1. The molecule has 0 radical (unpaired) electrons. The standard InChI is InChI=1S/C22H28F6N2O9S2/c1-20(2,3)37-19(32)29-15(18(31)30(4)14-7-5-6-8-14)11-13-9-10-16(38-40(33,34)21(23,24)25)17(12-13)39-41(35,36)22(26,27)28/h9-10,12,14-15H,5-8,11H2,1-4H3,(H,29,32)/t15-/m0/s1. The first-order valence-corrected chi connectivity index (χ1v) is 14.7. The Morgan fingerprint density at radius 1 is 0.927 bits per heavy atom. The molecule has 0 spiro atoms. The van der Waals surface area contributed by atoms with Crippen molar-refractivity contribution in [2.75, 3.05) is 7.05 Å². The number of hydrogen-bond acceptors (Lipinski definition) is 9. The third kappa shape index (κ3) is 9.27. The SMILES string of the molecule is CN(C(=O)[C@H](Cc1ccc(OS(=O)(=O)C(F)(F)F)c(OS(=O)(=O)C(F)(F)F)c1)NC(=O)OC(C)(C)C)C1CCCC1. The van der Waals surface area contributed by atoms with Gasteiger partial charge in [-0.05, 0) is 51.3 Å². The second-order valence-electron chi connectivity index (χ2n) is 10.0. The first-order valence-electron chi connectivity index (χ1n) is 11.8. The van der Waals surface area contributed by atoms with Crippen LogP contribution in [0.5, 0.6) is 11.5 Å². The molecule has 1 aliphatic carbocycles. The number of carbonyl (C=O) groups excluding carboxylic acids is 2. The molecule has 0 heterocycles. The summed E-state index contributed by atoms with van der Waals surface area (Å²) >= 11 is 0. The van der Waals surface area contributed by atoms with E-state index in [1.807, 2.05) is 0 Å². The minimum atomic E-state index is -6.51. The van der Waals surface area contributed by atoms with Gasteiger partial charge in [-0.25, -0.2) is 4.79 Å². The van der Waals surface area contributed by atoms with Crippen LogP contribution in [0.15, 0.2) is 18.2 Å². The van der Waals surface area contributed by atoms with Crippen molar-refractivity contribution >= 4 is 32.2 Å². The van der Waals surface area contributed by atoms with Gasteiger partial charge in [0.2, 0.25) is 5.91 Å². The summed E-state index contributed by atoms with van der Waals surface area (Å²) in [7, 11) is -11.5. The second-order valence-corrected chi connectivity index (χ2v) is 13.1. The molecular weight excluding hydrogens is 614 g/mol. The Hall–Kier alpha value is -2.96. The highest BCUT2D eigenvalue weighted by molar-refractivity contribution is 7.88. The highest BCUT2D eigenvalue weighted by atomic mass is 32.2. The lowest BCUT2D eigenvalue weighted by Gasteiger charge is -2.30. The van der Waals surface area contributed by atoms with Crippen LogP contribution in [0.25, 0.3) is 0 Å². The lowest BCUT2D eigenvalue weighted by atomic mass is 10.0. The molecule has 0 aromatic heterocycles. The van der Waals surface area contributed by atoms with E-state index in [0.717, 1.165) is 18.9 Å². The summed E-state index contributed by atoms with van der Waals surface area (Å²) in [6, 6.07) is 0.0611. The molecule has 2 rings (SSSR count). The van der Waals surface area contributed by atoms with Crippen LogP contribution in [0.3, 0.4) is 0 Å². The molecule has 1 atom stereocenters. The van der Waals surface area contributed by atoms with Crippen LogP contribution in [0.2, 0.25) is 0 Å². The first-order chi connectivity index (χ1) is 18.4.